The average molecular weight is 226 g/mol. The molecule has 1 N–H and O–H groups in total. The molecule has 4 heteroatoms. The quantitative estimate of drug-likeness (QED) is 0.860. The van der Waals surface area contributed by atoms with E-state index in [0.29, 0.717) is 0 Å². The monoisotopic (exact) mass is 226 g/mol. The number of aromatic nitrogens is 1. The standard InChI is InChI=1S/C11H18N2OS/c1-4-9-7-15-10(12-9)13-11(3)5-6-14-8(11)2/h7-8H,4-6H2,1-3H3,(H,12,13). The second-order valence-electron chi connectivity index (χ2n) is 4.30. The molecule has 1 aromatic heterocycles. The van der Waals surface area contributed by atoms with Crippen LogP contribution in [0.4, 0.5) is 5.13 Å². The smallest absolute Gasteiger partial charge is 0.183 e. The van der Waals surface area contributed by atoms with Gasteiger partial charge in [-0.1, -0.05) is 6.92 Å². The van der Waals surface area contributed by atoms with Crippen molar-refractivity contribution in [1.29, 1.82) is 0 Å². The van der Waals surface area contributed by atoms with Gasteiger partial charge in [-0.3, -0.25) is 0 Å². The summed E-state index contributed by atoms with van der Waals surface area (Å²) < 4.78 is 5.59. The molecule has 0 saturated carbocycles. The molecule has 2 unspecified atom stereocenters. The van der Waals surface area contributed by atoms with E-state index < -0.39 is 0 Å². The van der Waals surface area contributed by atoms with E-state index in [4.69, 9.17) is 4.74 Å². The van der Waals surface area contributed by atoms with Gasteiger partial charge >= 0.3 is 0 Å². The molecule has 1 fully saturated rings. The first kappa shape index (κ1) is 10.9. The molecule has 1 saturated heterocycles. The van der Waals surface area contributed by atoms with Crippen LogP contribution in [-0.4, -0.2) is 23.2 Å². The third-order valence-electron chi connectivity index (χ3n) is 3.19. The summed E-state index contributed by atoms with van der Waals surface area (Å²) in [6.45, 7) is 7.30. The van der Waals surface area contributed by atoms with Gasteiger partial charge in [0.2, 0.25) is 0 Å². The maximum absolute atomic E-state index is 5.59. The van der Waals surface area contributed by atoms with E-state index in [2.05, 4.69) is 36.5 Å². The summed E-state index contributed by atoms with van der Waals surface area (Å²) in [7, 11) is 0. The molecule has 2 atom stereocenters. The molecular formula is C11H18N2OS. The molecule has 1 aliphatic heterocycles. The van der Waals surface area contributed by atoms with Crippen LogP contribution in [0, 0.1) is 0 Å². The third-order valence-corrected chi connectivity index (χ3v) is 4.00. The fraction of sp³-hybridized carbons (Fsp3) is 0.727. The summed E-state index contributed by atoms with van der Waals surface area (Å²) in [6, 6.07) is 0. The Labute approximate surface area is 94.9 Å². The Morgan fingerprint density at radius 3 is 3.07 bits per heavy atom. The summed E-state index contributed by atoms with van der Waals surface area (Å²) in [5, 5.41) is 6.64. The number of ether oxygens (including phenoxy) is 1. The first-order chi connectivity index (χ1) is 7.14. The number of anilines is 1. The van der Waals surface area contributed by atoms with Gasteiger partial charge in [-0.2, -0.15) is 0 Å². The fourth-order valence-electron chi connectivity index (χ4n) is 1.77. The van der Waals surface area contributed by atoms with Gasteiger partial charge in [-0.15, -0.1) is 11.3 Å². The zero-order valence-electron chi connectivity index (χ0n) is 9.54. The Morgan fingerprint density at radius 2 is 2.53 bits per heavy atom. The average Bonchev–Trinajstić information content (AvgIpc) is 2.76. The first-order valence-corrected chi connectivity index (χ1v) is 6.36. The van der Waals surface area contributed by atoms with Gasteiger partial charge in [0.15, 0.2) is 5.13 Å². The van der Waals surface area contributed by atoms with E-state index in [1.807, 2.05) is 0 Å². The predicted molar refractivity (Wildman–Crippen MR) is 63.6 cm³/mol. The molecular weight excluding hydrogens is 208 g/mol. The minimum Gasteiger partial charge on any atom is -0.376 e. The molecule has 3 nitrogen and oxygen atoms in total. The largest absolute Gasteiger partial charge is 0.376 e. The number of nitrogens with zero attached hydrogens (tertiary/aromatic N) is 1. The molecule has 0 aliphatic carbocycles. The van der Waals surface area contributed by atoms with E-state index in [9.17, 15) is 0 Å². The van der Waals surface area contributed by atoms with Crippen LogP contribution in [0.25, 0.3) is 0 Å². The van der Waals surface area contributed by atoms with Crippen LogP contribution >= 0.6 is 11.3 Å². The van der Waals surface area contributed by atoms with Crippen LogP contribution < -0.4 is 5.32 Å². The van der Waals surface area contributed by atoms with Crippen molar-refractivity contribution in [3.05, 3.63) is 11.1 Å². The number of hydrogen-bond acceptors (Lipinski definition) is 4. The van der Waals surface area contributed by atoms with Crippen LogP contribution in [0.5, 0.6) is 0 Å². The van der Waals surface area contributed by atoms with E-state index in [0.717, 1.165) is 30.3 Å². The topological polar surface area (TPSA) is 34.1 Å². The summed E-state index contributed by atoms with van der Waals surface area (Å²) in [6.07, 6.45) is 2.31. The lowest BCUT2D eigenvalue weighted by molar-refractivity contribution is 0.105. The lowest BCUT2D eigenvalue weighted by Crippen LogP contribution is -2.41. The van der Waals surface area contributed by atoms with Crippen molar-refractivity contribution < 1.29 is 4.74 Å². The van der Waals surface area contributed by atoms with Crippen molar-refractivity contribution in [3.63, 3.8) is 0 Å². The second-order valence-corrected chi connectivity index (χ2v) is 5.16. The summed E-state index contributed by atoms with van der Waals surface area (Å²) >= 11 is 1.68. The van der Waals surface area contributed by atoms with Gasteiger partial charge in [0.05, 0.1) is 17.3 Å². The van der Waals surface area contributed by atoms with Crippen molar-refractivity contribution in [1.82, 2.24) is 4.98 Å². The molecule has 15 heavy (non-hydrogen) atoms. The van der Waals surface area contributed by atoms with Crippen LogP contribution in [0.3, 0.4) is 0 Å². The van der Waals surface area contributed by atoms with Crippen LogP contribution in [0.1, 0.15) is 32.9 Å². The van der Waals surface area contributed by atoms with Gasteiger partial charge < -0.3 is 10.1 Å². The molecule has 1 aromatic rings. The van der Waals surface area contributed by atoms with Gasteiger partial charge in [-0.05, 0) is 26.7 Å². The second kappa shape index (κ2) is 4.10. The van der Waals surface area contributed by atoms with Gasteiger partial charge in [0, 0.05) is 12.0 Å². The highest BCUT2D eigenvalue weighted by Crippen LogP contribution is 2.30. The number of hydrogen-bond donors (Lipinski definition) is 1. The summed E-state index contributed by atoms with van der Waals surface area (Å²) in [4.78, 5) is 4.52. The normalized spacial score (nSPS) is 30.7. The van der Waals surface area contributed by atoms with Crippen molar-refractivity contribution >= 4 is 16.5 Å². The zero-order valence-corrected chi connectivity index (χ0v) is 10.4. The number of nitrogens with one attached hydrogen (secondary N) is 1. The molecule has 2 heterocycles. The van der Waals surface area contributed by atoms with Crippen LogP contribution in [0.2, 0.25) is 0 Å². The maximum atomic E-state index is 5.59. The maximum Gasteiger partial charge on any atom is 0.183 e. The number of rotatable bonds is 3. The molecule has 0 bridgehead atoms. The van der Waals surface area contributed by atoms with E-state index in [-0.39, 0.29) is 11.6 Å². The van der Waals surface area contributed by atoms with E-state index >= 15 is 0 Å². The Morgan fingerprint density at radius 1 is 1.73 bits per heavy atom. The first-order valence-electron chi connectivity index (χ1n) is 5.48. The predicted octanol–water partition coefficient (Wildman–Crippen LogP) is 2.68. The van der Waals surface area contributed by atoms with Gasteiger partial charge in [-0.25, -0.2) is 4.98 Å². The van der Waals surface area contributed by atoms with Crippen molar-refractivity contribution in [2.24, 2.45) is 0 Å². The Hall–Kier alpha value is -0.610. The van der Waals surface area contributed by atoms with Crippen molar-refractivity contribution in [2.75, 3.05) is 11.9 Å². The zero-order chi connectivity index (χ0) is 10.9. The summed E-state index contributed by atoms with van der Waals surface area (Å²) in [5.74, 6) is 0. The highest BCUT2D eigenvalue weighted by molar-refractivity contribution is 7.13. The molecule has 0 spiro atoms. The van der Waals surface area contributed by atoms with E-state index in [1.165, 1.54) is 0 Å². The Bertz CT molecular complexity index is 339. The van der Waals surface area contributed by atoms with Crippen molar-refractivity contribution in [3.8, 4) is 0 Å². The van der Waals surface area contributed by atoms with Crippen LogP contribution in [0.15, 0.2) is 5.38 Å². The van der Waals surface area contributed by atoms with E-state index in [1.54, 1.807) is 11.3 Å². The SMILES string of the molecule is CCc1csc(NC2(C)CCOC2C)n1. The van der Waals surface area contributed by atoms with Crippen LogP contribution in [-0.2, 0) is 11.2 Å². The fourth-order valence-corrected chi connectivity index (χ4v) is 2.70. The molecule has 2 rings (SSSR count). The van der Waals surface area contributed by atoms with Crippen molar-refractivity contribution in [2.45, 2.75) is 45.3 Å². The molecule has 0 radical (unpaired) electrons. The molecule has 0 aromatic carbocycles. The summed E-state index contributed by atoms with van der Waals surface area (Å²) in [5.41, 5.74) is 1.21. The Balaban J connectivity index is 2.07. The lowest BCUT2D eigenvalue weighted by atomic mass is 9.95. The van der Waals surface area contributed by atoms with Gasteiger partial charge in [0.1, 0.15) is 0 Å². The third kappa shape index (κ3) is 2.16. The minimum absolute atomic E-state index is 0.0445. The molecule has 84 valence electrons. The number of aryl methyl sites for hydroxylation is 1. The number of thiazole rings is 1. The Kier molecular flexibility index (Phi) is 2.98. The minimum atomic E-state index is 0.0445. The highest BCUT2D eigenvalue weighted by atomic mass is 32.1. The molecule has 1 aliphatic rings. The van der Waals surface area contributed by atoms with Gasteiger partial charge in [0.25, 0.3) is 0 Å². The lowest BCUT2D eigenvalue weighted by Gasteiger charge is -2.28. The highest BCUT2D eigenvalue weighted by Gasteiger charge is 2.37. The molecule has 0 amide bonds.